The molecule has 0 fully saturated rings. The van der Waals surface area contributed by atoms with Gasteiger partial charge in [-0.25, -0.2) is 0 Å². The summed E-state index contributed by atoms with van der Waals surface area (Å²) in [4.78, 5) is 0. The number of halogens is 1. The van der Waals surface area contributed by atoms with E-state index in [4.69, 9.17) is 0 Å². The van der Waals surface area contributed by atoms with Gasteiger partial charge in [-0.15, -0.1) is 0 Å². The lowest BCUT2D eigenvalue weighted by atomic mass is 9.74. The molecule has 2 heteroatoms. The highest BCUT2D eigenvalue weighted by molar-refractivity contribution is 14.1. The van der Waals surface area contributed by atoms with Crippen LogP contribution in [0.2, 0.25) is 0 Å². The first-order valence-corrected chi connectivity index (χ1v) is 8.20. The highest BCUT2D eigenvalue weighted by Crippen LogP contribution is 2.31. The number of hydrogen-bond acceptors (Lipinski definition) is 1. The van der Waals surface area contributed by atoms with Gasteiger partial charge in [0.05, 0.1) is 0 Å². The summed E-state index contributed by atoms with van der Waals surface area (Å²) in [6.45, 7) is 14.8. The van der Waals surface area contributed by atoms with Crippen LogP contribution < -0.4 is 5.32 Å². The maximum Gasteiger partial charge on any atom is 0.0130 e. The fourth-order valence-corrected chi connectivity index (χ4v) is 2.37. The van der Waals surface area contributed by atoms with Gasteiger partial charge in [0.2, 0.25) is 0 Å². The average molecular weight is 373 g/mol. The minimum Gasteiger partial charge on any atom is -0.312 e. The third kappa shape index (κ3) is 5.82. The first-order valence-electron chi connectivity index (χ1n) is 7.12. The summed E-state index contributed by atoms with van der Waals surface area (Å²) in [7, 11) is 0. The molecule has 0 spiro atoms. The van der Waals surface area contributed by atoms with Crippen molar-refractivity contribution in [1.82, 2.24) is 5.32 Å². The first-order chi connectivity index (χ1) is 8.62. The highest BCUT2D eigenvalue weighted by atomic mass is 127. The minimum absolute atomic E-state index is 0.183. The van der Waals surface area contributed by atoms with E-state index in [1.54, 1.807) is 0 Å². The average Bonchev–Trinajstić information content (AvgIpc) is 2.29. The Morgan fingerprint density at radius 1 is 1.05 bits per heavy atom. The van der Waals surface area contributed by atoms with Gasteiger partial charge in [0.15, 0.2) is 0 Å². The Morgan fingerprint density at radius 2 is 1.58 bits per heavy atom. The van der Waals surface area contributed by atoms with Gasteiger partial charge < -0.3 is 5.32 Å². The molecule has 1 nitrogen and oxygen atoms in total. The van der Waals surface area contributed by atoms with Gasteiger partial charge in [-0.2, -0.15) is 0 Å². The predicted octanol–water partition coefficient (Wildman–Crippen LogP) is 4.88. The van der Waals surface area contributed by atoms with Crippen LogP contribution >= 0.6 is 22.6 Å². The molecule has 1 atom stereocenters. The molecule has 19 heavy (non-hydrogen) atoms. The van der Waals surface area contributed by atoms with Gasteiger partial charge in [0.1, 0.15) is 0 Å². The van der Waals surface area contributed by atoms with Crippen LogP contribution in [0.3, 0.4) is 0 Å². The number of nitrogens with one attached hydrogen (secondary N) is 1. The summed E-state index contributed by atoms with van der Waals surface area (Å²) in [5.74, 6) is 0.654. The minimum atomic E-state index is 0.183. The van der Waals surface area contributed by atoms with E-state index in [1.165, 1.54) is 9.13 Å². The zero-order valence-electron chi connectivity index (χ0n) is 13.2. The second-order valence-electron chi connectivity index (χ2n) is 7.22. The molecule has 0 aliphatic rings. The zero-order valence-corrected chi connectivity index (χ0v) is 15.3. The van der Waals surface area contributed by atoms with E-state index < -0.39 is 0 Å². The molecule has 1 N–H and O–H groups in total. The summed E-state index contributed by atoms with van der Waals surface area (Å²) in [5.41, 5.74) is 1.91. The van der Waals surface area contributed by atoms with E-state index in [0.717, 1.165) is 13.0 Å². The summed E-state index contributed by atoms with van der Waals surface area (Å²) in [6.07, 6.45) is 1.13. The third-order valence-electron chi connectivity index (χ3n) is 3.94. The van der Waals surface area contributed by atoms with Crippen molar-refractivity contribution in [2.45, 2.75) is 53.5 Å². The van der Waals surface area contributed by atoms with Crippen molar-refractivity contribution in [2.24, 2.45) is 11.3 Å². The van der Waals surface area contributed by atoms with Crippen molar-refractivity contribution in [1.29, 1.82) is 0 Å². The van der Waals surface area contributed by atoms with Gasteiger partial charge in [0.25, 0.3) is 0 Å². The Bertz CT molecular complexity index is 389. The first kappa shape index (κ1) is 17.0. The normalized spacial score (nSPS) is 15.6. The fourth-order valence-electron chi connectivity index (χ4n) is 2.01. The summed E-state index contributed by atoms with van der Waals surface area (Å²) < 4.78 is 1.31. The van der Waals surface area contributed by atoms with Crippen LogP contribution in [0.1, 0.15) is 47.1 Å². The summed E-state index contributed by atoms with van der Waals surface area (Å²) in [5, 5.41) is 3.67. The van der Waals surface area contributed by atoms with E-state index >= 15 is 0 Å². The lowest BCUT2D eigenvalue weighted by molar-refractivity contribution is 0.188. The lowest BCUT2D eigenvalue weighted by Gasteiger charge is -2.37. The van der Waals surface area contributed by atoms with Gasteiger partial charge in [-0.1, -0.05) is 32.9 Å². The molecular formula is C17H28IN. The summed E-state index contributed by atoms with van der Waals surface area (Å²) in [6, 6.07) is 8.93. The third-order valence-corrected chi connectivity index (χ3v) is 4.66. The van der Waals surface area contributed by atoms with Crippen LogP contribution in [0.25, 0.3) is 0 Å². The molecule has 1 unspecified atom stereocenters. The molecule has 0 saturated carbocycles. The predicted molar refractivity (Wildman–Crippen MR) is 93.6 cm³/mol. The largest absolute Gasteiger partial charge is 0.312 e. The SMILES string of the molecule is CC(C)C(C)(CNC(C)(C)C)Cc1ccc(I)cc1. The smallest absolute Gasteiger partial charge is 0.0130 e. The Morgan fingerprint density at radius 3 is 2.00 bits per heavy atom. The molecule has 0 aliphatic carbocycles. The van der Waals surface area contributed by atoms with Crippen LogP contribution in [0, 0.1) is 14.9 Å². The Labute approximate surface area is 132 Å². The second-order valence-corrected chi connectivity index (χ2v) is 8.46. The van der Waals surface area contributed by atoms with Gasteiger partial charge >= 0.3 is 0 Å². The molecule has 1 rings (SSSR count). The monoisotopic (exact) mass is 373 g/mol. The molecule has 0 amide bonds. The van der Waals surface area contributed by atoms with E-state index in [1.807, 2.05) is 0 Å². The molecule has 0 heterocycles. The molecule has 108 valence electrons. The van der Waals surface area contributed by atoms with Crippen LogP contribution in [-0.4, -0.2) is 12.1 Å². The quantitative estimate of drug-likeness (QED) is 0.725. The molecular weight excluding hydrogens is 345 g/mol. The standard InChI is InChI=1S/C17H28IN/c1-13(2)17(6,12-19-16(3,4)5)11-14-7-9-15(18)10-8-14/h7-10,13,19H,11-12H2,1-6H3. The van der Waals surface area contributed by atoms with Crippen molar-refractivity contribution >= 4 is 22.6 Å². The van der Waals surface area contributed by atoms with Crippen molar-refractivity contribution < 1.29 is 0 Å². The Kier molecular flexibility index (Phi) is 5.87. The van der Waals surface area contributed by atoms with Crippen LogP contribution in [0.4, 0.5) is 0 Å². The number of hydrogen-bond donors (Lipinski definition) is 1. The van der Waals surface area contributed by atoms with Crippen molar-refractivity contribution in [3.05, 3.63) is 33.4 Å². The van der Waals surface area contributed by atoms with Gasteiger partial charge in [-0.05, 0) is 78.8 Å². The maximum absolute atomic E-state index is 3.67. The summed E-state index contributed by atoms with van der Waals surface area (Å²) >= 11 is 2.36. The topological polar surface area (TPSA) is 12.0 Å². The van der Waals surface area contributed by atoms with Crippen LogP contribution in [-0.2, 0) is 6.42 Å². The van der Waals surface area contributed by atoms with E-state index in [9.17, 15) is 0 Å². The molecule has 0 radical (unpaired) electrons. The van der Waals surface area contributed by atoms with Crippen molar-refractivity contribution in [3.8, 4) is 0 Å². The fraction of sp³-hybridized carbons (Fsp3) is 0.647. The van der Waals surface area contributed by atoms with Gasteiger partial charge in [0, 0.05) is 15.7 Å². The van der Waals surface area contributed by atoms with E-state index in [-0.39, 0.29) is 5.54 Å². The van der Waals surface area contributed by atoms with Crippen molar-refractivity contribution in [3.63, 3.8) is 0 Å². The molecule has 0 aromatic heterocycles. The number of rotatable bonds is 5. The molecule has 0 saturated heterocycles. The highest BCUT2D eigenvalue weighted by Gasteiger charge is 2.29. The molecule has 1 aromatic rings. The van der Waals surface area contributed by atoms with E-state index in [2.05, 4.69) is 93.7 Å². The molecule has 0 bridgehead atoms. The van der Waals surface area contributed by atoms with Crippen molar-refractivity contribution in [2.75, 3.05) is 6.54 Å². The lowest BCUT2D eigenvalue weighted by Crippen LogP contribution is -2.45. The van der Waals surface area contributed by atoms with Crippen LogP contribution in [0.15, 0.2) is 24.3 Å². The second kappa shape index (κ2) is 6.57. The molecule has 1 aromatic carbocycles. The Balaban J connectivity index is 2.79. The maximum atomic E-state index is 3.67. The van der Waals surface area contributed by atoms with Gasteiger partial charge in [-0.3, -0.25) is 0 Å². The zero-order chi connectivity index (χ0) is 14.7. The van der Waals surface area contributed by atoms with E-state index in [0.29, 0.717) is 11.3 Å². The van der Waals surface area contributed by atoms with Crippen LogP contribution in [0.5, 0.6) is 0 Å². The molecule has 0 aliphatic heterocycles. The number of benzene rings is 1. The Hall–Kier alpha value is -0.0900.